The predicted molar refractivity (Wildman–Crippen MR) is 75.2 cm³/mol. The fourth-order valence-corrected chi connectivity index (χ4v) is 2.30. The molecule has 94 valence electrons. The van der Waals surface area contributed by atoms with Crippen LogP contribution >= 0.6 is 0 Å². The Bertz CT molecular complexity index is 483. The molecule has 0 fully saturated rings. The Kier molecular flexibility index (Phi) is 4.25. The highest BCUT2D eigenvalue weighted by Crippen LogP contribution is 2.21. The Morgan fingerprint density at radius 2 is 2.22 bits per heavy atom. The van der Waals surface area contributed by atoms with Gasteiger partial charge in [0.25, 0.3) is 0 Å². The summed E-state index contributed by atoms with van der Waals surface area (Å²) in [4.78, 5) is 0. The molecular formula is C15H19N3. The molecule has 18 heavy (non-hydrogen) atoms. The first-order chi connectivity index (χ1) is 8.79. The topological polar surface area (TPSA) is 61.8 Å². The number of nitrogens with two attached hydrogens (primary N) is 1. The van der Waals surface area contributed by atoms with Crippen molar-refractivity contribution in [2.75, 3.05) is 17.6 Å². The van der Waals surface area contributed by atoms with Crippen molar-refractivity contribution in [3.63, 3.8) is 0 Å². The number of nitrogens with one attached hydrogen (secondary N) is 1. The summed E-state index contributed by atoms with van der Waals surface area (Å²) < 4.78 is 0. The molecule has 0 bridgehead atoms. The zero-order chi connectivity index (χ0) is 12.8. The second-order valence-electron chi connectivity index (χ2n) is 4.70. The number of nitrogen functional groups attached to an aromatic ring is 1. The van der Waals surface area contributed by atoms with Crippen molar-refractivity contribution < 1.29 is 0 Å². The Labute approximate surface area is 108 Å². The van der Waals surface area contributed by atoms with Crippen LogP contribution in [-0.4, -0.2) is 6.54 Å². The smallest absolute Gasteiger partial charge is 0.101 e. The van der Waals surface area contributed by atoms with E-state index in [-0.39, 0.29) is 0 Å². The summed E-state index contributed by atoms with van der Waals surface area (Å²) in [5.74, 6) is 0. The molecule has 2 rings (SSSR count). The molecule has 3 heteroatoms. The molecule has 1 aromatic carbocycles. The lowest BCUT2D eigenvalue weighted by molar-refractivity contribution is 0.679. The van der Waals surface area contributed by atoms with Crippen molar-refractivity contribution in [2.45, 2.75) is 32.1 Å². The van der Waals surface area contributed by atoms with Gasteiger partial charge in [0.2, 0.25) is 0 Å². The Balaban J connectivity index is 1.90. The summed E-state index contributed by atoms with van der Waals surface area (Å²) in [6.07, 6.45) is 8.52. The highest BCUT2D eigenvalue weighted by molar-refractivity contribution is 5.62. The van der Waals surface area contributed by atoms with Gasteiger partial charge in [-0.25, -0.2) is 0 Å². The van der Waals surface area contributed by atoms with E-state index in [0.29, 0.717) is 11.3 Å². The lowest BCUT2D eigenvalue weighted by Gasteiger charge is -2.14. The molecule has 0 saturated heterocycles. The largest absolute Gasteiger partial charge is 0.399 e. The monoisotopic (exact) mass is 241 g/mol. The molecular weight excluding hydrogens is 222 g/mol. The first-order valence-electron chi connectivity index (χ1n) is 6.51. The zero-order valence-corrected chi connectivity index (χ0v) is 10.6. The third-order valence-electron chi connectivity index (χ3n) is 3.31. The summed E-state index contributed by atoms with van der Waals surface area (Å²) in [7, 11) is 0. The Morgan fingerprint density at radius 1 is 1.33 bits per heavy atom. The molecule has 0 unspecified atom stereocenters. The third-order valence-corrected chi connectivity index (χ3v) is 3.31. The van der Waals surface area contributed by atoms with E-state index in [0.717, 1.165) is 18.7 Å². The number of hydrogen-bond acceptors (Lipinski definition) is 3. The summed E-state index contributed by atoms with van der Waals surface area (Å²) >= 11 is 0. The van der Waals surface area contributed by atoms with Crippen LogP contribution in [0, 0.1) is 11.3 Å². The van der Waals surface area contributed by atoms with Gasteiger partial charge in [0, 0.05) is 12.2 Å². The fraction of sp³-hybridized carbons (Fsp3) is 0.400. The first-order valence-corrected chi connectivity index (χ1v) is 6.51. The van der Waals surface area contributed by atoms with Gasteiger partial charge in [0.1, 0.15) is 6.07 Å². The molecule has 0 radical (unpaired) electrons. The molecule has 3 nitrogen and oxygen atoms in total. The highest BCUT2D eigenvalue weighted by Gasteiger charge is 2.05. The number of anilines is 2. The number of nitrogens with zero attached hydrogens (tertiary/aromatic N) is 1. The van der Waals surface area contributed by atoms with Crippen molar-refractivity contribution in [1.29, 1.82) is 5.26 Å². The second-order valence-corrected chi connectivity index (χ2v) is 4.70. The first kappa shape index (κ1) is 12.5. The molecule has 1 aliphatic carbocycles. The van der Waals surface area contributed by atoms with Gasteiger partial charge in [-0.3, -0.25) is 0 Å². The van der Waals surface area contributed by atoms with E-state index >= 15 is 0 Å². The minimum atomic E-state index is 0.618. The lowest BCUT2D eigenvalue weighted by atomic mass is 9.97. The van der Waals surface area contributed by atoms with Crippen molar-refractivity contribution in [3.05, 3.63) is 35.4 Å². The van der Waals surface area contributed by atoms with Gasteiger partial charge in [-0.1, -0.05) is 11.6 Å². The van der Waals surface area contributed by atoms with Crippen LogP contribution in [0.15, 0.2) is 29.8 Å². The van der Waals surface area contributed by atoms with Crippen LogP contribution in [0.25, 0.3) is 0 Å². The molecule has 0 amide bonds. The van der Waals surface area contributed by atoms with Crippen LogP contribution < -0.4 is 11.1 Å². The number of nitriles is 1. The van der Waals surface area contributed by atoms with E-state index in [1.807, 2.05) is 12.1 Å². The van der Waals surface area contributed by atoms with Crippen LogP contribution in [0.1, 0.15) is 37.7 Å². The van der Waals surface area contributed by atoms with Crippen molar-refractivity contribution in [2.24, 2.45) is 0 Å². The van der Waals surface area contributed by atoms with Crippen LogP contribution in [0.4, 0.5) is 11.4 Å². The molecule has 0 atom stereocenters. The summed E-state index contributed by atoms with van der Waals surface area (Å²) in [5.41, 5.74) is 9.33. The van der Waals surface area contributed by atoms with Crippen LogP contribution in [0.2, 0.25) is 0 Å². The number of allylic oxidation sites excluding steroid dienone is 1. The van der Waals surface area contributed by atoms with E-state index in [9.17, 15) is 0 Å². The highest BCUT2D eigenvalue weighted by atomic mass is 14.9. The second kappa shape index (κ2) is 6.11. The third kappa shape index (κ3) is 3.27. The maximum Gasteiger partial charge on any atom is 0.101 e. The molecule has 3 N–H and O–H groups in total. The van der Waals surface area contributed by atoms with Gasteiger partial charge in [-0.2, -0.15) is 5.26 Å². The lowest BCUT2D eigenvalue weighted by Crippen LogP contribution is -2.06. The molecule has 0 aliphatic heterocycles. The zero-order valence-electron chi connectivity index (χ0n) is 10.6. The normalized spacial score (nSPS) is 14.7. The van der Waals surface area contributed by atoms with Gasteiger partial charge >= 0.3 is 0 Å². The van der Waals surface area contributed by atoms with Gasteiger partial charge in [-0.05, 0) is 50.3 Å². The van der Waals surface area contributed by atoms with Gasteiger partial charge in [-0.15, -0.1) is 0 Å². The number of benzene rings is 1. The summed E-state index contributed by atoms with van der Waals surface area (Å²) in [6, 6.07) is 7.58. The molecule has 1 aliphatic rings. The number of hydrogen-bond donors (Lipinski definition) is 2. The SMILES string of the molecule is N#Cc1cc(N)ccc1NCCC1=CCCCC1. The maximum atomic E-state index is 9.03. The van der Waals surface area contributed by atoms with Crippen molar-refractivity contribution >= 4 is 11.4 Å². The van der Waals surface area contributed by atoms with Crippen LogP contribution in [-0.2, 0) is 0 Å². The van der Waals surface area contributed by atoms with E-state index in [2.05, 4.69) is 17.5 Å². The summed E-state index contributed by atoms with van der Waals surface area (Å²) in [6.45, 7) is 0.879. The molecule has 0 heterocycles. The van der Waals surface area contributed by atoms with E-state index in [4.69, 9.17) is 11.0 Å². The van der Waals surface area contributed by atoms with Crippen LogP contribution in [0.3, 0.4) is 0 Å². The molecule has 0 aromatic heterocycles. The average molecular weight is 241 g/mol. The standard InChI is InChI=1S/C15H19N3/c16-11-13-10-14(17)6-7-15(13)18-9-8-12-4-2-1-3-5-12/h4,6-7,10,18H,1-3,5,8-9,17H2. The Morgan fingerprint density at radius 3 is 2.94 bits per heavy atom. The Hall–Kier alpha value is -1.95. The molecule has 0 spiro atoms. The number of rotatable bonds is 4. The molecule has 0 saturated carbocycles. The maximum absolute atomic E-state index is 9.03. The molecule has 1 aromatic rings. The fourth-order valence-electron chi connectivity index (χ4n) is 2.30. The average Bonchev–Trinajstić information content (AvgIpc) is 2.41. The quantitative estimate of drug-likeness (QED) is 0.627. The minimum Gasteiger partial charge on any atom is -0.399 e. The van der Waals surface area contributed by atoms with E-state index in [1.165, 1.54) is 25.7 Å². The van der Waals surface area contributed by atoms with Gasteiger partial charge in [0.15, 0.2) is 0 Å². The van der Waals surface area contributed by atoms with E-state index < -0.39 is 0 Å². The van der Waals surface area contributed by atoms with Crippen LogP contribution in [0.5, 0.6) is 0 Å². The van der Waals surface area contributed by atoms with Gasteiger partial charge in [0.05, 0.1) is 11.3 Å². The van der Waals surface area contributed by atoms with Gasteiger partial charge < -0.3 is 11.1 Å². The predicted octanol–water partition coefficient (Wildman–Crippen LogP) is 3.44. The summed E-state index contributed by atoms with van der Waals surface area (Å²) in [5, 5.41) is 12.4. The van der Waals surface area contributed by atoms with Crippen molar-refractivity contribution in [1.82, 2.24) is 0 Å². The van der Waals surface area contributed by atoms with E-state index in [1.54, 1.807) is 11.6 Å². The van der Waals surface area contributed by atoms with Crippen molar-refractivity contribution in [3.8, 4) is 6.07 Å². The minimum absolute atomic E-state index is 0.618.